The fourth-order valence-electron chi connectivity index (χ4n) is 3.14. The highest BCUT2D eigenvalue weighted by atomic mass is 16.6. The van der Waals surface area contributed by atoms with E-state index >= 15 is 0 Å². The number of likely N-dealkylation sites (N-methyl/N-ethyl adjacent to an activating group) is 1. The number of hydrogen-bond donors (Lipinski definition) is 0. The van der Waals surface area contributed by atoms with E-state index in [-0.39, 0.29) is 10.6 Å². The predicted octanol–water partition coefficient (Wildman–Crippen LogP) is 3.08. The molecule has 1 heterocycles. The van der Waals surface area contributed by atoms with Gasteiger partial charge in [0.05, 0.1) is 4.92 Å². The van der Waals surface area contributed by atoms with E-state index in [2.05, 4.69) is 41.1 Å². The van der Waals surface area contributed by atoms with Gasteiger partial charge in [-0.25, -0.2) is 0 Å². The molecule has 5 heteroatoms. The number of non-ortho nitro benzene ring substituents is 1. The van der Waals surface area contributed by atoms with Gasteiger partial charge in [-0.2, -0.15) is 0 Å². The number of nitro groups is 1. The zero-order chi connectivity index (χ0) is 16.2. The molecule has 0 amide bonds. The largest absolute Gasteiger partial charge is 0.303 e. The smallest absolute Gasteiger partial charge is 0.269 e. The van der Waals surface area contributed by atoms with E-state index in [1.807, 2.05) is 12.1 Å². The van der Waals surface area contributed by atoms with Gasteiger partial charge in [0.25, 0.3) is 5.69 Å². The topological polar surface area (TPSA) is 49.6 Å². The van der Waals surface area contributed by atoms with Crippen LogP contribution in [0.1, 0.15) is 17.2 Å². The molecular formula is C18H21N3O2. The Morgan fingerprint density at radius 3 is 2.65 bits per heavy atom. The Labute approximate surface area is 136 Å². The van der Waals surface area contributed by atoms with Crippen molar-refractivity contribution in [2.24, 2.45) is 0 Å². The molecule has 0 aromatic heterocycles. The molecule has 1 aliphatic heterocycles. The van der Waals surface area contributed by atoms with Gasteiger partial charge in [0.1, 0.15) is 0 Å². The number of nitro benzene ring substituents is 1. The molecule has 0 radical (unpaired) electrons. The maximum Gasteiger partial charge on any atom is 0.269 e. The molecule has 2 aromatic rings. The maximum absolute atomic E-state index is 11.0. The van der Waals surface area contributed by atoms with Gasteiger partial charge in [-0.05, 0) is 18.2 Å². The molecule has 1 saturated heterocycles. The van der Waals surface area contributed by atoms with Gasteiger partial charge in [0.15, 0.2) is 0 Å². The predicted molar refractivity (Wildman–Crippen MR) is 90.2 cm³/mol. The van der Waals surface area contributed by atoms with Crippen molar-refractivity contribution in [2.75, 3.05) is 26.7 Å². The molecule has 1 aliphatic rings. The molecule has 5 nitrogen and oxygen atoms in total. The van der Waals surface area contributed by atoms with Gasteiger partial charge in [-0.3, -0.25) is 15.0 Å². The monoisotopic (exact) mass is 311 g/mol. The standard InChI is InChI=1S/C18H21N3O2/c1-19-10-11-20(18(14-19)16-7-3-2-4-8-16)13-15-6-5-9-17(12-15)21(22)23/h2-9,12,18H,10-11,13-14H2,1H3. The fourth-order valence-corrected chi connectivity index (χ4v) is 3.14. The summed E-state index contributed by atoms with van der Waals surface area (Å²) in [5.74, 6) is 0. The lowest BCUT2D eigenvalue weighted by atomic mass is 10.0. The highest BCUT2D eigenvalue weighted by molar-refractivity contribution is 5.34. The Morgan fingerprint density at radius 1 is 1.13 bits per heavy atom. The first-order valence-electron chi connectivity index (χ1n) is 7.84. The molecule has 0 aliphatic carbocycles. The van der Waals surface area contributed by atoms with Gasteiger partial charge in [0, 0.05) is 44.4 Å². The Morgan fingerprint density at radius 2 is 1.91 bits per heavy atom. The molecule has 1 unspecified atom stereocenters. The van der Waals surface area contributed by atoms with Crippen molar-refractivity contribution >= 4 is 5.69 Å². The molecule has 1 fully saturated rings. The van der Waals surface area contributed by atoms with Crippen LogP contribution in [-0.2, 0) is 6.54 Å². The molecule has 0 bridgehead atoms. The minimum atomic E-state index is -0.331. The fraction of sp³-hybridized carbons (Fsp3) is 0.333. The van der Waals surface area contributed by atoms with Gasteiger partial charge in [-0.1, -0.05) is 42.5 Å². The Bertz CT molecular complexity index is 675. The molecule has 0 saturated carbocycles. The molecule has 0 N–H and O–H groups in total. The first-order valence-corrected chi connectivity index (χ1v) is 7.84. The summed E-state index contributed by atoms with van der Waals surface area (Å²) in [4.78, 5) is 15.4. The van der Waals surface area contributed by atoms with Crippen molar-refractivity contribution in [3.05, 3.63) is 75.8 Å². The summed E-state index contributed by atoms with van der Waals surface area (Å²) >= 11 is 0. The number of nitrogens with zero attached hydrogens (tertiary/aromatic N) is 3. The summed E-state index contributed by atoms with van der Waals surface area (Å²) in [6.45, 7) is 3.67. The number of hydrogen-bond acceptors (Lipinski definition) is 4. The summed E-state index contributed by atoms with van der Waals surface area (Å²) < 4.78 is 0. The third-order valence-electron chi connectivity index (χ3n) is 4.39. The van der Waals surface area contributed by atoms with Crippen LogP contribution in [0.4, 0.5) is 5.69 Å². The van der Waals surface area contributed by atoms with Gasteiger partial charge in [0.2, 0.25) is 0 Å². The highest BCUT2D eigenvalue weighted by Gasteiger charge is 2.26. The van der Waals surface area contributed by atoms with Crippen LogP contribution in [0, 0.1) is 10.1 Å². The minimum absolute atomic E-state index is 0.160. The van der Waals surface area contributed by atoms with Crippen molar-refractivity contribution in [2.45, 2.75) is 12.6 Å². The average Bonchev–Trinajstić information content (AvgIpc) is 2.57. The SMILES string of the molecule is CN1CCN(Cc2cccc([N+](=O)[O-])c2)C(c2ccccc2)C1. The Kier molecular flexibility index (Phi) is 4.69. The van der Waals surface area contributed by atoms with Crippen molar-refractivity contribution < 1.29 is 4.92 Å². The van der Waals surface area contributed by atoms with Crippen LogP contribution in [0.3, 0.4) is 0 Å². The minimum Gasteiger partial charge on any atom is -0.303 e. The number of piperazine rings is 1. The van der Waals surface area contributed by atoms with E-state index in [0.717, 1.165) is 31.7 Å². The second-order valence-corrected chi connectivity index (χ2v) is 6.09. The van der Waals surface area contributed by atoms with E-state index in [1.54, 1.807) is 18.2 Å². The lowest BCUT2D eigenvalue weighted by Gasteiger charge is -2.40. The molecular weight excluding hydrogens is 290 g/mol. The zero-order valence-corrected chi connectivity index (χ0v) is 13.3. The second-order valence-electron chi connectivity index (χ2n) is 6.09. The van der Waals surface area contributed by atoms with Crippen molar-refractivity contribution in [3.8, 4) is 0 Å². The Hall–Kier alpha value is -2.24. The lowest BCUT2D eigenvalue weighted by Crippen LogP contribution is -2.46. The first kappa shape index (κ1) is 15.6. The third kappa shape index (κ3) is 3.75. The van der Waals surface area contributed by atoms with Crippen molar-refractivity contribution in [1.29, 1.82) is 0 Å². The van der Waals surface area contributed by atoms with Crippen LogP contribution in [0.5, 0.6) is 0 Å². The summed E-state index contributed by atoms with van der Waals surface area (Å²) in [6.07, 6.45) is 0. The van der Waals surface area contributed by atoms with Gasteiger partial charge >= 0.3 is 0 Å². The number of rotatable bonds is 4. The lowest BCUT2D eigenvalue weighted by molar-refractivity contribution is -0.384. The molecule has 3 rings (SSSR count). The van der Waals surface area contributed by atoms with Crippen LogP contribution in [-0.4, -0.2) is 41.4 Å². The average molecular weight is 311 g/mol. The second kappa shape index (κ2) is 6.89. The molecule has 2 aromatic carbocycles. The summed E-state index contributed by atoms with van der Waals surface area (Å²) in [7, 11) is 2.14. The van der Waals surface area contributed by atoms with E-state index < -0.39 is 0 Å². The third-order valence-corrected chi connectivity index (χ3v) is 4.39. The van der Waals surface area contributed by atoms with Crippen LogP contribution in [0.15, 0.2) is 54.6 Å². The highest BCUT2D eigenvalue weighted by Crippen LogP contribution is 2.27. The van der Waals surface area contributed by atoms with Crippen LogP contribution in [0.25, 0.3) is 0 Å². The van der Waals surface area contributed by atoms with Crippen molar-refractivity contribution in [1.82, 2.24) is 9.80 Å². The molecule has 23 heavy (non-hydrogen) atoms. The quantitative estimate of drug-likeness (QED) is 0.643. The van der Waals surface area contributed by atoms with E-state index in [0.29, 0.717) is 6.04 Å². The molecule has 1 atom stereocenters. The number of benzene rings is 2. The van der Waals surface area contributed by atoms with Crippen LogP contribution >= 0.6 is 0 Å². The van der Waals surface area contributed by atoms with Crippen molar-refractivity contribution in [3.63, 3.8) is 0 Å². The zero-order valence-electron chi connectivity index (χ0n) is 13.3. The summed E-state index contributed by atoms with van der Waals surface area (Å²) in [6, 6.07) is 17.7. The Balaban J connectivity index is 1.82. The van der Waals surface area contributed by atoms with Crippen LogP contribution < -0.4 is 0 Å². The summed E-state index contributed by atoms with van der Waals surface area (Å²) in [5.41, 5.74) is 2.45. The van der Waals surface area contributed by atoms with Gasteiger partial charge in [-0.15, -0.1) is 0 Å². The van der Waals surface area contributed by atoms with E-state index in [4.69, 9.17) is 0 Å². The maximum atomic E-state index is 11.0. The van der Waals surface area contributed by atoms with Crippen LogP contribution in [0.2, 0.25) is 0 Å². The van der Waals surface area contributed by atoms with E-state index in [1.165, 1.54) is 5.56 Å². The first-order chi connectivity index (χ1) is 11.1. The van der Waals surface area contributed by atoms with Gasteiger partial charge < -0.3 is 4.90 Å². The molecule has 0 spiro atoms. The summed E-state index contributed by atoms with van der Waals surface area (Å²) in [5, 5.41) is 11.0. The molecule has 120 valence electrons. The van der Waals surface area contributed by atoms with E-state index in [9.17, 15) is 10.1 Å². The normalized spacial score (nSPS) is 19.6.